The molecule has 0 spiro atoms. The summed E-state index contributed by atoms with van der Waals surface area (Å²) in [4.78, 5) is 14.4. The van der Waals surface area contributed by atoms with Crippen LogP contribution in [-0.4, -0.2) is 23.4 Å². The number of nitrogens with zero attached hydrogens (tertiary/aromatic N) is 1. The van der Waals surface area contributed by atoms with Crippen LogP contribution in [0.3, 0.4) is 0 Å². The van der Waals surface area contributed by atoms with Gasteiger partial charge in [-0.1, -0.05) is 51.8 Å². The van der Waals surface area contributed by atoms with Crippen molar-refractivity contribution in [3.8, 4) is 0 Å². The number of hydrogen-bond acceptors (Lipinski definition) is 2. The van der Waals surface area contributed by atoms with Gasteiger partial charge in [0.05, 0.1) is 6.04 Å². The minimum Gasteiger partial charge on any atom is -0.321 e. The largest absolute Gasteiger partial charge is 0.321 e. The van der Waals surface area contributed by atoms with Crippen LogP contribution in [0.4, 0.5) is 4.39 Å². The molecular weight excluding hydrogens is 267 g/mol. The summed E-state index contributed by atoms with van der Waals surface area (Å²) in [6.45, 7) is 6.91. The Balaban J connectivity index is 2.24. The Morgan fingerprint density at radius 3 is 2.67 bits per heavy atom. The van der Waals surface area contributed by atoms with E-state index in [0.29, 0.717) is 18.0 Å². The maximum Gasteiger partial charge on any atom is 0.241 e. The number of benzene rings is 1. The number of nitrogens with one attached hydrogen (secondary N) is 1. The molecule has 1 saturated heterocycles. The van der Waals surface area contributed by atoms with E-state index in [1.807, 2.05) is 6.07 Å². The Kier molecular flexibility index (Phi) is 5.34. The van der Waals surface area contributed by atoms with E-state index in [1.165, 1.54) is 6.07 Å². The van der Waals surface area contributed by atoms with Gasteiger partial charge in [-0.15, -0.1) is 0 Å². The zero-order valence-electron chi connectivity index (χ0n) is 13.1. The topological polar surface area (TPSA) is 32.3 Å². The molecule has 1 amide bonds. The third-order valence-corrected chi connectivity index (χ3v) is 3.86. The fraction of sp³-hybridized carbons (Fsp3) is 0.588. The van der Waals surface area contributed by atoms with Crippen molar-refractivity contribution < 1.29 is 9.18 Å². The smallest absolute Gasteiger partial charge is 0.241 e. The lowest BCUT2D eigenvalue weighted by molar-refractivity contribution is -0.130. The molecule has 0 radical (unpaired) electrons. The summed E-state index contributed by atoms with van der Waals surface area (Å²) in [5, 5.41) is 3.32. The Morgan fingerprint density at radius 2 is 2.05 bits per heavy atom. The van der Waals surface area contributed by atoms with Crippen LogP contribution in [0.1, 0.15) is 51.8 Å². The second-order valence-corrected chi connectivity index (χ2v) is 6.17. The zero-order valence-corrected chi connectivity index (χ0v) is 13.1. The molecule has 0 aliphatic carbocycles. The number of halogens is 1. The van der Waals surface area contributed by atoms with Gasteiger partial charge in [-0.05, 0) is 18.4 Å². The molecule has 2 atom stereocenters. The van der Waals surface area contributed by atoms with Gasteiger partial charge in [0.1, 0.15) is 12.0 Å². The average molecular weight is 292 g/mol. The lowest BCUT2D eigenvalue weighted by Crippen LogP contribution is -2.34. The first-order chi connectivity index (χ1) is 10.0. The number of carbonyl (C=O) groups is 1. The van der Waals surface area contributed by atoms with Gasteiger partial charge in [0.15, 0.2) is 0 Å². The summed E-state index contributed by atoms with van der Waals surface area (Å²) in [6, 6.07) is 6.52. The normalized spacial score (nSPS) is 22.3. The van der Waals surface area contributed by atoms with Crippen molar-refractivity contribution in [1.82, 2.24) is 10.2 Å². The number of hydrogen-bond donors (Lipinski definition) is 1. The van der Waals surface area contributed by atoms with Gasteiger partial charge in [0, 0.05) is 12.1 Å². The van der Waals surface area contributed by atoms with Crippen LogP contribution in [0.15, 0.2) is 24.3 Å². The monoisotopic (exact) mass is 292 g/mol. The van der Waals surface area contributed by atoms with Crippen LogP contribution in [0.2, 0.25) is 0 Å². The minimum absolute atomic E-state index is 0.102. The summed E-state index contributed by atoms with van der Waals surface area (Å²) < 4.78 is 14.1. The standard InChI is InChI=1S/C17H25FN2O/c1-4-5-10-15-17(21)20(11-12(2)3)16(19-15)13-8-6-7-9-14(13)18/h6-9,12,15-16,19H,4-5,10-11H2,1-3H3. The Labute approximate surface area is 126 Å². The lowest BCUT2D eigenvalue weighted by Gasteiger charge is -2.26. The Bertz CT molecular complexity index is 489. The van der Waals surface area contributed by atoms with Crippen molar-refractivity contribution in [2.24, 2.45) is 5.92 Å². The van der Waals surface area contributed by atoms with Crippen LogP contribution < -0.4 is 5.32 Å². The van der Waals surface area contributed by atoms with E-state index >= 15 is 0 Å². The SMILES string of the molecule is CCCCC1NC(c2ccccc2F)N(CC(C)C)C1=O. The molecule has 2 rings (SSSR count). The first-order valence-electron chi connectivity index (χ1n) is 7.85. The first kappa shape index (κ1) is 16.0. The molecule has 1 aliphatic rings. The highest BCUT2D eigenvalue weighted by molar-refractivity contribution is 5.84. The van der Waals surface area contributed by atoms with E-state index in [4.69, 9.17) is 0 Å². The molecule has 0 bridgehead atoms. The molecule has 1 heterocycles. The molecule has 0 saturated carbocycles. The Hall–Kier alpha value is -1.42. The highest BCUT2D eigenvalue weighted by atomic mass is 19.1. The first-order valence-corrected chi connectivity index (χ1v) is 7.85. The van der Waals surface area contributed by atoms with Crippen molar-refractivity contribution in [3.63, 3.8) is 0 Å². The zero-order chi connectivity index (χ0) is 15.4. The molecule has 1 aliphatic heterocycles. The van der Waals surface area contributed by atoms with Crippen molar-refractivity contribution in [1.29, 1.82) is 0 Å². The van der Waals surface area contributed by atoms with E-state index in [1.54, 1.807) is 17.0 Å². The summed E-state index contributed by atoms with van der Waals surface area (Å²) >= 11 is 0. The predicted octanol–water partition coefficient (Wildman–Crippen LogP) is 3.47. The Morgan fingerprint density at radius 1 is 1.33 bits per heavy atom. The highest BCUT2D eigenvalue weighted by Crippen LogP contribution is 2.29. The highest BCUT2D eigenvalue weighted by Gasteiger charge is 2.40. The van der Waals surface area contributed by atoms with E-state index in [-0.39, 0.29) is 23.9 Å². The van der Waals surface area contributed by atoms with Crippen molar-refractivity contribution in [2.45, 2.75) is 52.2 Å². The predicted molar refractivity (Wildman–Crippen MR) is 82.1 cm³/mol. The fourth-order valence-electron chi connectivity index (χ4n) is 2.84. The van der Waals surface area contributed by atoms with Crippen molar-refractivity contribution in [2.75, 3.05) is 6.54 Å². The summed E-state index contributed by atoms with van der Waals surface area (Å²) in [5.41, 5.74) is 0.561. The van der Waals surface area contributed by atoms with Crippen molar-refractivity contribution >= 4 is 5.91 Å². The molecule has 2 unspecified atom stereocenters. The summed E-state index contributed by atoms with van der Waals surface area (Å²) in [5.74, 6) is 0.202. The number of amides is 1. The quantitative estimate of drug-likeness (QED) is 0.870. The number of carbonyl (C=O) groups excluding carboxylic acids is 1. The van der Waals surface area contributed by atoms with Crippen LogP contribution in [-0.2, 0) is 4.79 Å². The van der Waals surface area contributed by atoms with E-state index < -0.39 is 0 Å². The van der Waals surface area contributed by atoms with Gasteiger partial charge >= 0.3 is 0 Å². The second kappa shape index (κ2) is 7.03. The fourth-order valence-corrected chi connectivity index (χ4v) is 2.84. The third-order valence-electron chi connectivity index (χ3n) is 3.86. The summed E-state index contributed by atoms with van der Waals surface area (Å²) in [7, 11) is 0. The average Bonchev–Trinajstić information content (AvgIpc) is 2.74. The molecule has 21 heavy (non-hydrogen) atoms. The van der Waals surface area contributed by atoms with E-state index in [9.17, 15) is 9.18 Å². The lowest BCUT2D eigenvalue weighted by atomic mass is 10.1. The maximum atomic E-state index is 14.1. The molecular formula is C17H25FN2O. The van der Waals surface area contributed by atoms with Crippen LogP contribution in [0.25, 0.3) is 0 Å². The van der Waals surface area contributed by atoms with Gasteiger partial charge < -0.3 is 4.90 Å². The van der Waals surface area contributed by atoms with Gasteiger partial charge in [0.25, 0.3) is 0 Å². The molecule has 3 nitrogen and oxygen atoms in total. The molecule has 116 valence electrons. The minimum atomic E-state index is -0.344. The van der Waals surface area contributed by atoms with Gasteiger partial charge in [0.2, 0.25) is 5.91 Å². The summed E-state index contributed by atoms with van der Waals surface area (Å²) in [6.07, 6.45) is 2.53. The third kappa shape index (κ3) is 3.62. The van der Waals surface area contributed by atoms with Crippen LogP contribution >= 0.6 is 0 Å². The van der Waals surface area contributed by atoms with Crippen molar-refractivity contribution in [3.05, 3.63) is 35.6 Å². The molecule has 1 aromatic rings. The molecule has 1 aromatic carbocycles. The van der Waals surface area contributed by atoms with Gasteiger partial charge in [-0.3, -0.25) is 10.1 Å². The van der Waals surface area contributed by atoms with Gasteiger partial charge in [-0.2, -0.15) is 0 Å². The molecule has 1 N–H and O–H groups in total. The molecule has 4 heteroatoms. The van der Waals surface area contributed by atoms with E-state index in [0.717, 1.165) is 19.3 Å². The number of unbranched alkanes of at least 4 members (excludes halogenated alkanes) is 1. The molecule has 0 aromatic heterocycles. The number of rotatable bonds is 6. The van der Waals surface area contributed by atoms with E-state index in [2.05, 4.69) is 26.1 Å². The maximum absolute atomic E-state index is 14.1. The molecule has 1 fully saturated rings. The van der Waals surface area contributed by atoms with Crippen LogP contribution in [0, 0.1) is 11.7 Å². The van der Waals surface area contributed by atoms with Gasteiger partial charge in [-0.25, -0.2) is 4.39 Å². The van der Waals surface area contributed by atoms with Crippen LogP contribution in [0.5, 0.6) is 0 Å². The second-order valence-electron chi connectivity index (χ2n) is 6.17.